The van der Waals surface area contributed by atoms with Crippen molar-refractivity contribution in [3.63, 3.8) is 0 Å². The Morgan fingerprint density at radius 2 is 1.88 bits per heavy atom. The molecule has 0 aliphatic carbocycles. The molecule has 6 nitrogen and oxygen atoms in total. The van der Waals surface area contributed by atoms with Gasteiger partial charge in [-0.05, 0) is 17.7 Å². The van der Waals surface area contributed by atoms with Crippen molar-refractivity contribution in [1.29, 1.82) is 0 Å². The minimum Gasteiger partial charge on any atom is -0.463 e. The molecular weight excluding hydrogens is 330 g/mol. The molecule has 3 rings (SSSR count). The number of rotatable bonds is 8. The third-order valence-electron chi connectivity index (χ3n) is 4.69. The normalized spacial score (nSPS) is 16.3. The molecule has 1 aromatic heterocycles. The lowest BCUT2D eigenvalue weighted by Gasteiger charge is -2.23. The predicted octanol–water partition coefficient (Wildman–Crippen LogP) is -0.974. The molecule has 0 saturated carbocycles. The molecule has 1 aromatic carbocycles. The van der Waals surface area contributed by atoms with Gasteiger partial charge in [0.2, 0.25) is 0 Å². The minimum absolute atomic E-state index is 0.0518. The van der Waals surface area contributed by atoms with E-state index < -0.39 is 0 Å². The highest BCUT2D eigenvalue weighted by atomic mass is 16.5. The van der Waals surface area contributed by atoms with Gasteiger partial charge in [0.05, 0.1) is 26.5 Å². The Hall–Kier alpha value is -2.15. The van der Waals surface area contributed by atoms with E-state index >= 15 is 0 Å². The third kappa shape index (κ3) is 5.98. The van der Waals surface area contributed by atoms with Gasteiger partial charge in [0, 0.05) is 12.1 Å². The Labute approximate surface area is 154 Å². The predicted molar refractivity (Wildman–Crippen MR) is 97.7 cm³/mol. The molecule has 1 fully saturated rings. The molecular formula is C20H29N3O3+2. The number of amides is 1. The van der Waals surface area contributed by atoms with E-state index in [0.29, 0.717) is 19.6 Å². The Kier molecular flexibility index (Phi) is 6.82. The SMILES string of the molecule is C[NH+](CC(=O)NCc1ccc(C[NH+]2CCOCC2)cc1)Cc1ccco1. The maximum Gasteiger partial charge on any atom is 0.275 e. The Balaban J connectivity index is 1.38. The first-order chi connectivity index (χ1) is 12.7. The monoisotopic (exact) mass is 359 g/mol. The van der Waals surface area contributed by atoms with E-state index in [1.807, 2.05) is 19.2 Å². The molecule has 1 atom stereocenters. The highest BCUT2D eigenvalue weighted by Crippen LogP contribution is 2.03. The molecule has 3 N–H and O–H groups in total. The summed E-state index contributed by atoms with van der Waals surface area (Å²) < 4.78 is 10.7. The number of morpholine rings is 1. The summed E-state index contributed by atoms with van der Waals surface area (Å²) in [5.74, 6) is 0.948. The quantitative estimate of drug-likeness (QED) is 0.568. The molecule has 0 spiro atoms. The van der Waals surface area contributed by atoms with Gasteiger partial charge in [0.25, 0.3) is 5.91 Å². The number of quaternary nitrogens is 2. The highest BCUT2D eigenvalue weighted by Gasteiger charge is 2.14. The molecule has 140 valence electrons. The first-order valence-electron chi connectivity index (χ1n) is 9.28. The van der Waals surface area contributed by atoms with Gasteiger partial charge in [0.1, 0.15) is 26.2 Å². The lowest BCUT2D eigenvalue weighted by molar-refractivity contribution is -0.921. The van der Waals surface area contributed by atoms with Crippen LogP contribution in [0.4, 0.5) is 0 Å². The molecule has 26 heavy (non-hydrogen) atoms. The fraction of sp³-hybridized carbons (Fsp3) is 0.450. The van der Waals surface area contributed by atoms with Crippen molar-refractivity contribution in [2.75, 3.05) is 39.9 Å². The van der Waals surface area contributed by atoms with Crippen molar-refractivity contribution in [3.8, 4) is 0 Å². The number of ether oxygens (including phenoxy) is 1. The van der Waals surface area contributed by atoms with Crippen LogP contribution in [-0.4, -0.2) is 45.8 Å². The summed E-state index contributed by atoms with van der Waals surface area (Å²) in [6, 6.07) is 12.3. The molecule has 1 aliphatic rings. The van der Waals surface area contributed by atoms with Crippen molar-refractivity contribution in [2.45, 2.75) is 19.6 Å². The largest absolute Gasteiger partial charge is 0.463 e. The van der Waals surface area contributed by atoms with Gasteiger partial charge in [-0.2, -0.15) is 0 Å². The number of nitrogens with one attached hydrogen (secondary N) is 3. The van der Waals surface area contributed by atoms with Gasteiger partial charge in [-0.3, -0.25) is 4.79 Å². The number of carbonyl (C=O) groups excluding carboxylic acids is 1. The van der Waals surface area contributed by atoms with Crippen molar-refractivity contribution < 1.29 is 23.7 Å². The van der Waals surface area contributed by atoms with E-state index in [0.717, 1.165) is 49.1 Å². The van der Waals surface area contributed by atoms with Crippen LogP contribution in [0.1, 0.15) is 16.9 Å². The molecule has 0 radical (unpaired) electrons. The maximum atomic E-state index is 12.1. The van der Waals surface area contributed by atoms with Gasteiger partial charge in [-0.25, -0.2) is 0 Å². The zero-order valence-electron chi connectivity index (χ0n) is 15.4. The zero-order chi connectivity index (χ0) is 18.2. The van der Waals surface area contributed by atoms with Crippen LogP contribution in [0.25, 0.3) is 0 Å². The van der Waals surface area contributed by atoms with Crippen LogP contribution in [0.15, 0.2) is 47.1 Å². The van der Waals surface area contributed by atoms with Gasteiger partial charge in [-0.15, -0.1) is 0 Å². The van der Waals surface area contributed by atoms with Crippen LogP contribution in [-0.2, 0) is 29.2 Å². The Morgan fingerprint density at radius 1 is 1.15 bits per heavy atom. The summed E-state index contributed by atoms with van der Waals surface area (Å²) in [6.07, 6.45) is 1.66. The first kappa shape index (κ1) is 18.6. The van der Waals surface area contributed by atoms with Gasteiger partial charge >= 0.3 is 0 Å². The van der Waals surface area contributed by atoms with E-state index in [2.05, 4.69) is 29.6 Å². The molecule has 1 amide bonds. The van der Waals surface area contributed by atoms with Crippen LogP contribution >= 0.6 is 0 Å². The lowest BCUT2D eigenvalue weighted by Crippen LogP contribution is -3.12. The maximum absolute atomic E-state index is 12.1. The topological polar surface area (TPSA) is 60.3 Å². The number of likely N-dealkylation sites (N-methyl/N-ethyl adjacent to an activating group) is 1. The van der Waals surface area contributed by atoms with E-state index in [9.17, 15) is 4.79 Å². The first-order valence-corrected chi connectivity index (χ1v) is 9.28. The van der Waals surface area contributed by atoms with E-state index in [1.54, 1.807) is 11.2 Å². The van der Waals surface area contributed by atoms with Crippen LogP contribution in [0.3, 0.4) is 0 Å². The standard InChI is InChI=1S/C20H27N3O3/c1-22(15-19-3-2-10-26-19)16-20(24)21-13-17-4-6-18(7-5-17)14-23-8-11-25-12-9-23/h2-7,10H,8-9,11-16H2,1H3,(H,21,24)/p+2. The summed E-state index contributed by atoms with van der Waals surface area (Å²) in [5.41, 5.74) is 2.46. The minimum atomic E-state index is 0.0518. The van der Waals surface area contributed by atoms with Crippen molar-refractivity contribution in [3.05, 3.63) is 59.5 Å². The molecule has 1 unspecified atom stereocenters. The molecule has 1 aliphatic heterocycles. The smallest absolute Gasteiger partial charge is 0.275 e. The second kappa shape index (κ2) is 9.52. The molecule has 1 saturated heterocycles. The number of hydrogen-bond donors (Lipinski definition) is 3. The van der Waals surface area contributed by atoms with E-state index in [4.69, 9.17) is 9.15 Å². The number of furan rings is 1. The highest BCUT2D eigenvalue weighted by molar-refractivity contribution is 5.76. The second-order valence-corrected chi connectivity index (χ2v) is 7.02. The van der Waals surface area contributed by atoms with Crippen molar-refractivity contribution in [1.82, 2.24) is 5.32 Å². The average molecular weight is 359 g/mol. The molecule has 6 heteroatoms. The second-order valence-electron chi connectivity index (χ2n) is 7.02. The fourth-order valence-electron chi connectivity index (χ4n) is 3.21. The molecule has 0 bridgehead atoms. The van der Waals surface area contributed by atoms with Gasteiger partial charge in [-0.1, -0.05) is 24.3 Å². The van der Waals surface area contributed by atoms with Crippen LogP contribution in [0.5, 0.6) is 0 Å². The molecule has 2 heterocycles. The van der Waals surface area contributed by atoms with Crippen LogP contribution in [0.2, 0.25) is 0 Å². The zero-order valence-corrected chi connectivity index (χ0v) is 15.4. The van der Waals surface area contributed by atoms with Gasteiger partial charge in [0.15, 0.2) is 12.3 Å². The molecule has 2 aromatic rings. The number of carbonyl (C=O) groups is 1. The van der Waals surface area contributed by atoms with Crippen LogP contribution in [0, 0.1) is 0 Å². The van der Waals surface area contributed by atoms with E-state index in [-0.39, 0.29) is 5.91 Å². The van der Waals surface area contributed by atoms with Crippen molar-refractivity contribution >= 4 is 5.91 Å². The Bertz CT molecular complexity index is 664. The van der Waals surface area contributed by atoms with E-state index in [1.165, 1.54) is 5.56 Å². The summed E-state index contributed by atoms with van der Waals surface area (Å²) in [6.45, 7) is 6.61. The summed E-state index contributed by atoms with van der Waals surface area (Å²) in [4.78, 5) is 14.8. The number of benzene rings is 1. The summed E-state index contributed by atoms with van der Waals surface area (Å²) >= 11 is 0. The lowest BCUT2D eigenvalue weighted by atomic mass is 10.1. The average Bonchev–Trinajstić information content (AvgIpc) is 3.15. The summed E-state index contributed by atoms with van der Waals surface area (Å²) in [7, 11) is 1.99. The van der Waals surface area contributed by atoms with Crippen LogP contribution < -0.4 is 15.1 Å². The summed E-state index contributed by atoms with van der Waals surface area (Å²) in [5, 5.41) is 3.00. The van der Waals surface area contributed by atoms with Crippen molar-refractivity contribution in [2.24, 2.45) is 0 Å². The third-order valence-corrected chi connectivity index (χ3v) is 4.69. The Morgan fingerprint density at radius 3 is 2.58 bits per heavy atom. The fourth-order valence-corrected chi connectivity index (χ4v) is 3.21. The number of hydrogen-bond acceptors (Lipinski definition) is 3. The van der Waals surface area contributed by atoms with Gasteiger partial charge < -0.3 is 24.3 Å².